The van der Waals surface area contributed by atoms with Crippen LogP contribution < -0.4 is 10.5 Å². The van der Waals surface area contributed by atoms with Crippen molar-refractivity contribution >= 4 is 27.3 Å². The van der Waals surface area contributed by atoms with Gasteiger partial charge < -0.3 is 10.5 Å². The smallest absolute Gasteiger partial charge is 0.253 e. The van der Waals surface area contributed by atoms with Crippen LogP contribution in [0.2, 0.25) is 0 Å². The Labute approximate surface area is 133 Å². The van der Waals surface area contributed by atoms with Gasteiger partial charge in [-0.1, -0.05) is 12.1 Å². The molecule has 0 aliphatic rings. The number of benzene rings is 1. The van der Waals surface area contributed by atoms with Gasteiger partial charge in [0.1, 0.15) is 9.96 Å². The molecular weight excluding hydrogens is 324 g/mol. The first kappa shape index (κ1) is 16.5. The SMILES string of the molecule is COc1ccc(CN(C)S(=O)(=O)c2sccc2C(N)=O)cc1. The first-order chi connectivity index (χ1) is 10.4. The van der Waals surface area contributed by atoms with Crippen molar-refractivity contribution in [2.45, 2.75) is 10.8 Å². The van der Waals surface area contributed by atoms with Crippen LogP contribution in [0.15, 0.2) is 39.9 Å². The summed E-state index contributed by atoms with van der Waals surface area (Å²) in [6, 6.07) is 8.51. The Kier molecular flexibility index (Phi) is 4.84. The van der Waals surface area contributed by atoms with Crippen LogP contribution in [0.5, 0.6) is 5.75 Å². The zero-order valence-electron chi connectivity index (χ0n) is 12.1. The number of sulfonamides is 1. The summed E-state index contributed by atoms with van der Waals surface area (Å²) in [5.74, 6) is -0.0544. The third-order valence-electron chi connectivity index (χ3n) is 3.10. The molecule has 1 amide bonds. The van der Waals surface area contributed by atoms with E-state index in [-0.39, 0.29) is 16.3 Å². The van der Waals surface area contributed by atoms with E-state index in [0.717, 1.165) is 16.9 Å². The molecule has 0 aliphatic heterocycles. The zero-order valence-corrected chi connectivity index (χ0v) is 13.8. The van der Waals surface area contributed by atoms with Gasteiger partial charge in [0, 0.05) is 13.6 Å². The minimum Gasteiger partial charge on any atom is -0.497 e. The Morgan fingerprint density at radius 3 is 2.45 bits per heavy atom. The summed E-state index contributed by atoms with van der Waals surface area (Å²) < 4.78 is 31.3. The van der Waals surface area contributed by atoms with Gasteiger partial charge in [-0.25, -0.2) is 8.42 Å². The Morgan fingerprint density at radius 2 is 1.91 bits per heavy atom. The molecule has 2 rings (SSSR count). The van der Waals surface area contributed by atoms with Crippen LogP contribution in [0.3, 0.4) is 0 Å². The van der Waals surface area contributed by atoms with Crippen molar-refractivity contribution < 1.29 is 17.9 Å². The molecular formula is C14H16N2O4S2. The van der Waals surface area contributed by atoms with Gasteiger partial charge in [0.2, 0.25) is 0 Å². The molecule has 1 aromatic heterocycles. The van der Waals surface area contributed by atoms with E-state index in [9.17, 15) is 13.2 Å². The molecule has 1 aromatic carbocycles. The molecule has 0 aliphatic carbocycles. The molecule has 2 aromatic rings. The summed E-state index contributed by atoms with van der Waals surface area (Å²) in [7, 11) is -0.740. The summed E-state index contributed by atoms with van der Waals surface area (Å²) in [5.41, 5.74) is 6.04. The highest BCUT2D eigenvalue weighted by molar-refractivity contribution is 7.91. The first-order valence-electron chi connectivity index (χ1n) is 6.33. The maximum absolute atomic E-state index is 12.5. The average Bonchev–Trinajstić information content (AvgIpc) is 2.98. The normalized spacial score (nSPS) is 11.6. The van der Waals surface area contributed by atoms with E-state index in [1.54, 1.807) is 31.4 Å². The van der Waals surface area contributed by atoms with Crippen LogP contribution in [-0.2, 0) is 16.6 Å². The van der Waals surface area contributed by atoms with Crippen LogP contribution in [0.4, 0.5) is 0 Å². The quantitative estimate of drug-likeness (QED) is 0.866. The molecule has 0 saturated heterocycles. The molecule has 0 atom stereocenters. The largest absolute Gasteiger partial charge is 0.497 e. The standard InChI is InChI=1S/C14H16N2O4S2/c1-16(9-10-3-5-11(20-2)6-4-10)22(18,19)14-12(13(15)17)7-8-21-14/h3-8H,9H2,1-2H3,(H2,15,17). The molecule has 0 spiro atoms. The molecule has 22 heavy (non-hydrogen) atoms. The Morgan fingerprint density at radius 1 is 1.27 bits per heavy atom. The highest BCUT2D eigenvalue weighted by Crippen LogP contribution is 2.26. The molecule has 6 nitrogen and oxygen atoms in total. The van der Waals surface area contributed by atoms with E-state index in [4.69, 9.17) is 10.5 Å². The van der Waals surface area contributed by atoms with Gasteiger partial charge in [0.15, 0.2) is 0 Å². The number of ether oxygens (including phenoxy) is 1. The highest BCUT2D eigenvalue weighted by atomic mass is 32.2. The number of nitrogens with zero attached hydrogens (tertiary/aromatic N) is 1. The van der Waals surface area contributed by atoms with Crippen molar-refractivity contribution in [3.05, 3.63) is 46.8 Å². The van der Waals surface area contributed by atoms with Crippen LogP contribution in [0.25, 0.3) is 0 Å². The third-order valence-corrected chi connectivity index (χ3v) is 6.37. The van der Waals surface area contributed by atoms with Gasteiger partial charge in [-0.2, -0.15) is 4.31 Å². The number of carbonyl (C=O) groups is 1. The minimum absolute atomic E-state index is 0.0200. The van der Waals surface area contributed by atoms with E-state index in [0.29, 0.717) is 5.75 Å². The zero-order chi connectivity index (χ0) is 16.3. The van der Waals surface area contributed by atoms with Crippen molar-refractivity contribution in [1.82, 2.24) is 4.31 Å². The fourth-order valence-corrected chi connectivity index (χ4v) is 4.60. The molecule has 0 bridgehead atoms. The molecule has 2 N–H and O–H groups in total. The van der Waals surface area contributed by atoms with E-state index in [1.807, 2.05) is 0 Å². The Bertz CT molecular complexity index is 766. The van der Waals surface area contributed by atoms with E-state index < -0.39 is 15.9 Å². The predicted molar refractivity (Wildman–Crippen MR) is 84.5 cm³/mol. The van der Waals surface area contributed by atoms with Gasteiger partial charge in [0.25, 0.3) is 15.9 Å². The van der Waals surface area contributed by atoms with E-state index in [1.165, 1.54) is 22.8 Å². The molecule has 0 unspecified atom stereocenters. The molecule has 1 heterocycles. The second kappa shape index (κ2) is 6.47. The topological polar surface area (TPSA) is 89.7 Å². The number of carbonyl (C=O) groups excluding carboxylic acids is 1. The number of amides is 1. The number of hydrogen-bond acceptors (Lipinski definition) is 5. The van der Waals surface area contributed by atoms with Gasteiger partial charge in [0.05, 0.1) is 12.7 Å². The predicted octanol–water partition coefficient (Wildman–Crippen LogP) is 1.68. The molecule has 0 saturated carbocycles. The van der Waals surface area contributed by atoms with Crippen LogP contribution in [-0.4, -0.2) is 32.8 Å². The summed E-state index contributed by atoms with van der Waals surface area (Å²) in [5, 5.41) is 1.54. The molecule has 118 valence electrons. The third kappa shape index (κ3) is 3.29. The average molecular weight is 340 g/mol. The molecule has 0 radical (unpaired) electrons. The minimum atomic E-state index is -3.77. The maximum Gasteiger partial charge on any atom is 0.253 e. The summed E-state index contributed by atoms with van der Waals surface area (Å²) in [4.78, 5) is 11.3. The van der Waals surface area contributed by atoms with Crippen LogP contribution in [0, 0.1) is 0 Å². The van der Waals surface area contributed by atoms with Crippen molar-refractivity contribution in [2.24, 2.45) is 5.73 Å². The molecule has 8 heteroatoms. The lowest BCUT2D eigenvalue weighted by molar-refractivity contribution is 0.0998. The Hall–Kier alpha value is -1.90. The lowest BCUT2D eigenvalue weighted by atomic mass is 10.2. The Balaban J connectivity index is 2.24. The van der Waals surface area contributed by atoms with Gasteiger partial charge >= 0.3 is 0 Å². The van der Waals surface area contributed by atoms with E-state index in [2.05, 4.69) is 0 Å². The van der Waals surface area contributed by atoms with Gasteiger partial charge in [-0.15, -0.1) is 11.3 Å². The summed E-state index contributed by atoms with van der Waals surface area (Å²) >= 11 is 0.979. The van der Waals surface area contributed by atoms with Crippen molar-refractivity contribution in [3.8, 4) is 5.75 Å². The monoisotopic (exact) mass is 340 g/mol. The fraction of sp³-hybridized carbons (Fsp3) is 0.214. The van der Waals surface area contributed by atoms with E-state index >= 15 is 0 Å². The van der Waals surface area contributed by atoms with Crippen LogP contribution >= 0.6 is 11.3 Å². The summed E-state index contributed by atoms with van der Waals surface area (Å²) in [6.45, 7) is 0.183. The van der Waals surface area contributed by atoms with Crippen molar-refractivity contribution in [3.63, 3.8) is 0 Å². The number of methoxy groups -OCH3 is 1. The number of rotatable bonds is 6. The summed E-state index contributed by atoms with van der Waals surface area (Å²) in [6.07, 6.45) is 0. The second-order valence-corrected chi connectivity index (χ2v) is 7.75. The number of primary amides is 1. The fourth-order valence-electron chi connectivity index (χ4n) is 1.89. The lowest BCUT2D eigenvalue weighted by Crippen LogP contribution is -2.27. The molecule has 0 fully saturated rings. The van der Waals surface area contributed by atoms with Gasteiger partial charge in [-0.05, 0) is 29.1 Å². The number of thiophene rings is 1. The number of nitrogens with two attached hydrogens (primary N) is 1. The first-order valence-corrected chi connectivity index (χ1v) is 8.65. The lowest BCUT2D eigenvalue weighted by Gasteiger charge is -2.17. The van der Waals surface area contributed by atoms with Gasteiger partial charge in [-0.3, -0.25) is 4.79 Å². The van der Waals surface area contributed by atoms with Crippen LogP contribution in [0.1, 0.15) is 15.9 Å². The number of hydrogen-bond donors (Lipinski definition) is 1. The maximum atomic E-state index is 12.5. The van der Waals surface area contributed by atoms with Crippen molar-refractivity contribution in [2.75, 3.05) is 14.2 Å². The highest BCUT2D eigenvalue weighted by Gasteiger charge is 2.27. The van der Waals surface area contributed by atoms with Crippen molar-refractivity contribution in [1.29, 1.82) is 0 Å². The second-order valence-electron chi connectivity index (χ2n) is 4.60.